The Morgan fingerprint density at radius 2 is 2.11 bits per heavy atom. The fraction of sp³-hybridized carbons (Fsp3) is 0.400. The predicted molar refractivity (Wildman–Crippen MR) is 75.1 cm³/mol. The summed E-state index contributed by atoms with van der Waals surface area (Å²) < 4.78 is 10.2. The summed E-state index contributed by atoms with van der Waals surface area (Å²) in [6.07, 6.45) is 4.24. The van der Waals surface area contributed by atoms with Gasteiger partial charge in [-0.15, -0.1) is 6.58 Å². The molecule has 1 unspecified atom stereocenters. The summed E-state index contributed by atoms with van der Waals surface area (Å²) in [5, 5.41) is 0. The molecule has 0 fully saturated rings. The van der Waals surface area contributed by atoms with E-state index in [1.54, 1.807) is 0 Å². The summed E-state index contributed by atoms with van der Waals surface area (Å²) in [6, 6.07) is 6.96. The molecule has 0 spiro atoms. The third-order valence-corrected chi connectivity index (χ3v) is 2.70. The van der Waals surface area contributed by atoms with Crippen molar-refractivity contribution in [3.8, 4) is 5.75 Å². The predicted octanol–water partition coefficient (Wildman–Crippen LogP) is 2.07. The maximum absolute atomic E-state index is 11.2. The van der Waals surface area contributed by atoms with Crippen LogP contribution in [0.2, 0.25) is 0 Å². The Balaban J connectivity index is 2.42. The molecule has 1 aromatic carbocycles. The molecule has 0 saturated carbocycles. The summed E-state index contributed by atoms with van der Waals surface area (Å²) in [4.78, 5) is 11.2. The number of nitrogens with two attached hydrogens (primary N) is 1. The van der Waals surface area contributed by atoms with Gasteiger partial charge in [-0.3, -0.25) is 4.79 Å². The van der Waals surface area contributed by atoms with Gasteiger partial charge in [0.05, 0.1) is 13.7 Å². The lowest BCUT2D eigenvalue weighted by molar-refractivity contribution is -0.142. The molecule has 0 heterocycles. The molecule has 0 aliphatic rings. The Hall–Kier alpha value is -1.81. The first kappa shape index (κ1) is 15.2. The van der Waals surface area contributed by atoms with Gasteiger partial charge < -0.3 is 15.2 Å². The zero-order valence-electron chi connectivity index (χ0n) is 11.3. The van der Waals surface area contributed by atoms with Crippen molar-refractivity contribution in [2.75, 3.05) is 13.7 Å². The molecule has 2 N–H and O–H groups in total. The molecular formula is C15H21NO3. The van der Waals surface area contributed by atoms with Gasteiger partial charge in [-0.25, -0.2) is 0 Å². The van der Waals surface area contributed by atoms with E-state index in [9.17, 15) is 4.79 Å². The second-order valence-electron chi connectivity index (χ2n) is 4.26. The minimum absolute atomic E-state index is 0.398. The molecule has 4 heteroatoms. The molecule has 19 heavy (non-hydrogen) atoms. The van der Waals surface area contributed by atoms with E-state index in [0.717, 1.165) is 24.2 Å². The highest BCUT2D eigenvalue weighted by atomic mass is 16.5. The second kappa shape index (κ2) is 8.32. The molecule has 1 rings (SSSR count). The number of rotatable bonds is 8. The maximum atomic E-state index is 11.2. The first-order valence-electron chi connectivity index (χ1n) is 6.33. The van der Waals surface area contributed by atoms with Crippen molar-refractivity contribution in [1.82, 2.24) is 0 Å². The van der Waals surface area contributed by atoms with Crippen LogP contribution >= 0.6 is 0 Å². The normalized spacial score (nSPS) is 11.7. The van der Waals surface area contributed by atoms with Crippen molar-refractivity contribution in [1.29, 1.82) is 0 Å². The van der Waals surface area contributed by atoms with Crippen molar-refractivity contribution in [2.45, 2.75) is 25.3 Å². The molecule has 4 nitrogen and oxygen atoms in total. The molecule has 0 aromatic heterocycles. The molecule has 0 aliphatic heterocycles. The average Bonchev–Trinajstić information content (AvgIpc) is 2.44. The van der Waals surface area contributed by atoms with E-state index < -0.39 is 12.0 Å². The fourth-order valence-corrected chi connectivity index (χ4v) is 1.63. The van der Waals surface area contributed by atoms with Crippen LogP contribution in [0.5, 0.6) is 5.75 Å². The highest BCUT2D eigenvalue weighted by molar-refractivity contribution is 5.75. The van der Waals surface area contributed by atoms with Crippen LogP contribution in [0.3, 0.4) is 0 Å². The van der Waals surface area contributed by atoms with Gasteiger partial charge >= 0.3 is 5.97 Å². The molecule has 0 aliphatic carbocycles. The topological polar surface area (TPSA) is 61.5 Å². The summed E-state index contributed by atoms with van der Waals surface area (Å²) in [7, 11) is 1.34. The van der Waals surface area contributed by atoms with Crippen LogP contribution in [0.25, 0.3) is 0 Å². The van der Waals surface area contributed by atoms with Crippen molar-refractivity contribution in [2.24, 2.45) is 5.73 Å². The number of esters is 1. The van der Waals surface area contributed by atoms with Gasteiger partial charge in [-0.1, -0.05) is 18.2 Å². The maximum Gasteiger partial charge on any atom is 0.322 e. The smallest absolute Gasteiger partial charge is 0.322 e. The average molecular weight is 263 g/mol. The molecule has 0 bridgehead atoms. The number of hydrogen-bond donors (Lipinski definition) is 1. The molecule has 104 valence electrons. The third-order valence-electron chi connectivity index (χ3n) is 2.70. The molecule has 0 amide bonds. The Morgan fingerprint density at radius 3 is 2.68 bits per heavy atom. The number of allylic oxidation sites excluding steroid dienone is 1. The van der Waals surface area contributed by atoms with Crippen LogP contribution in [0.1, 0.15) is 18.4 Å². The number of ether oxygens (including phenoxy) is 2. The highest BCUT2D eigenvalue weighted by Crippen LogP contribution is 2.14. The Bertz CT molecular complexity index is 400. The lowest BCUT2D eigenvalue weighted by Gasteiger charge is -2.10. The first-order chi connectivity index (χ1) is 9.17. The second-order valence-corrected chi connectivity index (χ2v) is 4.26. The molecule has 1 atom stereocenters. The first-order valence-corrected chi connectivity index (χ1v) is 6.33. The van der Waals surface area contributed by atoms with Gasteiger partial charge in [0.25, 0.3) is 0 Å². The lowest BCUT2D eigenvalue weighted by Crippen LogP contribution is -2.33. The number of unbranched alkanes of at least 4 members (excludes halogenated alkanes) is 1. The van der Waals surface area contributed by atoms with E-state index in [4.69, 9.17) is 10.5 Å². The van der Waals surface area contributed by atoms with Crippen molar-refractivity contribution in [3.63, 3.8) is 0 Å². The largest absolute Gasteiger partial charge is 0.494 e. The van der Waals surface area contributed by atoms with Gasteiger partial charge in [0.15, 0.2) is 0 Å². The van der Waals surface area contributed by atoms with E-state index in [1.165, 1.54) is 7.11 Å². The van der Waals surface area contributed by atoms with Crippen LogP contribution in [0, 0.1) is 0 Å². The standard InChI is InChI=1S/C15H21NO3/c1-3-4-5-10-19-13-8-6-12(7-9-13)11-14(16)15(17)18-2/h3,6-9,14H,1,4-5,10-11,16H2,2H3. The van der Waals surface area contributed by atoms with Gasteiger partial charge in [0, 0.05) is 0 Å². The molecule has 1 aromatic rings. The van der Waals surface area contributed by atoms with Crippen LogP contribution in [0.15, 0.2) is 36.9 Å². The lowest BCUT2D eigenvalue weighted by atomic mass is 10.1. The minimum Gasteiger partial charge on any atom is -0.494 e. The van der Waals surface area contributed by atoms with Crippen LogP contribution in [0.4, 0.5) is 0 Å². The zero-order valence-corrected chi connectivity index (χ0v) is 11.3. The Labute approximate surface area is 114 Å². The molecular weight excluding hydrogens is 242 g/mol. The summed E-state index contributed by atoms with van der Waals surface area (Å²) in [6.45, 7) is 4.33. The summed E-state index contributed by atoms with van der Waals surface area (Å²) >= 11 is 0. The van der Waals surface area contributed by atoms with E-state index in [0.29, 0.717) is 13.0 Å². The van der Waals surface area contributed by atoms with E-state index >= 15 is 0 Å². The van der Waals surface area contributed by atoms with E-state index in [1.807, 2.05) is 30.3 Å². The van der Waals surface area contributed by atoms with Gasteiger partial charge in [0.2, 0.25) is 0 Å². The van der Waals surface area contributed by atoms with Crippen molar-refractivity contribution < 1.29 is 14.3 Å². The van der Waals surface area contributed by atoms with E-state index in [-0.39, 0.29) is 0 Å². The molecule has 0 radical (unpaired) electrons. The number of hydrogen-bond acceptors (Lipinski definition) is 4. The van der Waals surface area contributed by atoms with Gasteiger partial charge in [0.1, 0.15) is 11.8 Å². The summed E-state index contributed by atoms with van der Waals surface area (Å²) in [5.41, 5.74) is 6.68. The van der Waals surface area contributed by atoms with Crippen LogP contribution in [-0.2, 0) is 16.0 Å². The number of carbonyl (C=O) groups excluding carboxylic acids is 1. The Morgan fingerprint density at radius 1 is 1.42 bits per heavy atom. The number of methoxy groups -OCH3 is 1. The summed E-state index contributed by atoms with van der Waals surface area (Å²) in [5.74, 6) is 0.421. The van der Waals surface area contributed by atoms with Crippen molar-refractivity contribution >= 4 is 5.97 Å². The highest BCUT2D eigenvalue weighted by Gasteiger charge is 2.13. The zero-order chi connectivity index (χ0) is 14.1. The van der Waals surface area contributed by atoms with Crippen LogP contribution in [-0.4, -0.2) is 25.7 Å². The minimum atomic E-state index is -0.621. The fourth-order valence-electron chi connectivity index (χ4n) is 1.63. The van der Waals surface area contributed by atoms with Crippen LogP contribution < -0.4 is 10.5 Å². The quantitative estimate of drug-likeness (QED) is 0.443. The van der Waals surface area contributed by atoms with Crippen molar-refractivity contribution in [3.05, 3.63) is 42.5 Å². The van der Waals surface area contributed by atoms with Gasteiger partial charge in [-0.2, -0.15) is 0 Å². The van der Waals surface area contributed by atoms with Gasteiger partial charge in [-0.05, 0) is 37.0 Å². The van der Waals surface area contributed by atoms with E-state index in [2.05, 4.69) is 11.3 Å². The Kier molecular flexibility index (Phi) is 6.68. The third kappa shape index (κ3) is 5.57. The number of carbonyl (C=O) groups is 1. The monoisotopic (exact) mass is 263 g/mol. The number of benzene rings is 1. The SMILES string of the molecule is C=CCCCOc1ccc(CC(N)C(=O)OC)cc1. The molecule has 0 saturated heterocycles.